The number of ether oxygens (including phenoxy) is 1. The van der Waals surface area contributed by atoms with E-state index in [0.717, 1.165) is 12.2 Å². The lowest BCUT2D eigenvalue weighted by Gasteiger charge is -2.13. The van der Waals surface area contributed by atoms with E-state index < -0.39 is 0 Å². The number of nitrogens with zero attached hydrogens (tertiary/aromatic N) is 6. The first-order chi connectivity index (χ1) is 12.7. The van der Waals surface area contributed by atoms with Crippen molar-refractivity contribution in [3.63, 3.8) is 0 Å². The van der Waals surface area contributed by atoms with Crippen molar-refractivity contribution < 1.29 is 9.53 Å². The van der Waals surface area contributed by atoms with Gasteiger partial charge in [-0.2, -0.15) is 4.68 Å². The van der Waals surface area contributed by atoms with Gasteiger partial charge in [-0.1, -0.05) is 6.92 Å². The maximum Gasteiger partial charge on any atom is 0.319 e. The van der Waals surface area contributed by atoms with Crippen LogP contribution in [0.3, 0.4) is 0 Å². The summed E-state index contributed by atoms with van der Waals surface area (Å²) in [6.07, 6.45) is 5.96. The van der Waals surface area contributed by atoms with E-state index in [9.17, 15) is 4.79 Å². The molecule has 2 aromatic heterocycles. The molecule has 0 bridgehead atoms. The van der Waals surface area contributed by atoms with Crippen LogP contribution in [0.5, 0.6) is 5.75 Å². The maximum atomic E-state index is 12.3. The molecule has 0 fully saturated rings. The zero-order chi connectivity index (χ0) is 18.4. The number of benzene rings is 1. The first-order valence-electron chi connectivity index (χ1n) is 8.17. The number of rotatable bonds is 7. The Labute approximate surface area is 150 Å². The normalized spacial score (nSPS) is 10.5. The van der Waals surface area contributed by atoms with Gasteiger partial charge in [0.2, 0.25) is 0 Å². The van der Waals surface area contributed by atoms with Gasteiger partial charge in [-0.3, -0.25) is 0 Å². The van der Waals surface area contributed by atoms with Crippen molar-refractivity contribution in [3.05, 3.63) is 42.7 Å². The summed E-state index contributed by atoms with van der Waals surface area (Å²) in [6, 6.07) is 4.92. The van der Waals surface area contributed by atoms with Gasteiger partial charge >= 0.3 is 6.03 Å². The van der Waals surface area contributed by atoms with E-state index in [4.69, 9.17) is 4.74 Å². The summed E-state index contributed by atoms with van der Waals surface area (Å²) in [6.45, 7) is 3.16. The maximum absolute atomic E-state index is 12.3. The van der Waals surface area contributed by atoms with Crippen LogP contribution in [0, 0.1) is 0 Å². The number of aromatic nitrogens is 6. The molecule has 0 aliphatic heterocycles. The summed E-state index contributed by atoms with van der Waals surface area (Å²) >= 11 is 0. The van der Waals surface area contributed by atoms with E-state index in [1.807, 2.05) is 17.7 Å². The average Bonchev–Trinajstić information content (AvgIpc) is 3.33. The van der Waals surface area contributed by atoms with Gasteiger partial charge in [-0.15, -0.1) is 5.10 Å². The molecular formula is C16H20N8O2. The Morgan fingerprint density at radius 3 is 2.96 bits per heavy atom. The van der Waals surface area contributed by atoms with E-state index >= 15 is 0 Å². The molecule has 2 heterocycles. The third-order valence-electron chi connectivity index (χ3n) is 3.80. The quantitative estimate of drug-likeness (QED) is 0.659. The Kier molecular flexibility index (Phi) is 5.42. The number of imidazole rings is 1. The van der Waals surface area contributed by atoms with Gasteiger partial charge in [0.05, 0.1) is 18.5 Å². The highest BCUT2D eigenvalue weighted by Crippen LogP contribution is 2.24. The Balaban J connectivity index is 1.65. The van der Waals surface area contributed by atoms with E-state index in [1.165, 1.54) is 11.0 Å². The summed E-state index contributed by atoms with van der Waals surface area (Å²) < 4.78 is 8.70. The number of carbonyl (C=O) groups excluding carboxylic acids is 1. The molecule has 1 aromatic carbocycles. The Morgan fingerprint density at radius 2 is 2.23 bits per heavy atom. The lowest BCUT2D eigenvalue weighted by atomic mass is 10.2. The zero-order valence-corrected chi connectivity index (χ0v) is 14.6. The molecule has 0 saturated heterocycles. The Bertz CT molecular complexity index is 859. The van der Waals surface area contributed by atoms with Gasteiger partial charge in [-0.05, 0) is 22.6 Å². The molecule has 0 aliphatic rings. The van der Waals surface area contributed by atoms with E-state index in [-0.39, 0.29) is 6.03 Å². The van der Waals surface area contributed by atoms with Crippen molar-refractivity contribution >= 4 is 11.7 Å². The molecule has 0 atom stereocenters. The molecule has 0 saturated carbocycles. The summed E-state index contributed by atoms with van der Waals surface area (Å²) in [5.41, 5.74) is 1.17. The minimum atomic E-state index is -0.328. The number of aryl methyl sites for hydroxylation is 1. The number of tetrazole rings is 1. The van der Waals surface area contributed by atoms with Crippen LogP contribution in [0.15, 0.2) is 36.9 Å². The van der Waals surface area contributed by atoms with Crippen LogP contribution in [-0.2, 0) is 13.0 Å². The summed E-state index contributed by atoms with van der Waals surface area (Å²) in [4.78, 5) is 16.5. The van der Waals surface area contributed by atoms with Crippen molar-refractivity contribution in [3.8, 4) is 11.4 Å². The lowest BCUT2D eigenvalue weighted by Crippen LogP contribution is -2.32. The van der Waals surface area contributed by atoms with Crippen LogP contribution in [0.4, 0.5) is 10.5 Å². The number of nitrogens with one attached hydrogen (secondary N) is 2. The van der Waals surface area contributed by atoms with Crippen molar-refractivity contribution in [1.29, 1.82) is 0 Å². The molecule has 3 aromatic rings. The highest BCUT2D eigenvalue weighted by atomic mass is 16.5. The van der Waals surface area contributed by atoms with Gasteiger partial charge < -0.3 is 19.9 Å². The second-order valence-electron chi connectivity index (χ2n) is 5.41. The van der Waals surface area contributed by atoms with Gasteiger partial charge in [0.15, 0.2) is 0 Å². The van der Waals surface area contributed by atoms with Crippen LogP contribution < -0.4 is 15.4 Å². The summed E-state index contributed by atoms with van der Waals surface area (Å²) in [5.74, 6) is 1.60. The second kappa shape index (κ2) is 8.10. The molecule has 136 valence electrons. The van der Waals surface area contributed by atoms with Crippen LogP contribution in [0.25, 0.3) is 5.69 Å². The fraction of sp³-hybridized carbons (Fsp3) is 0.312. The van der Waals surface area contributed by atoms with Crippen LogP contribution in [0.1, 0.15) is 12.7 Å². The number of hydrogen-bond acceptors (Lipinski definition) is 6. The van der Waals surface area contributed by atoms with E-state index in [2.05, 4.69) is 31.1 Å². The van der Waals surface area contributed by atoms with Gasteiger partial charge in [0, 0.05) is 38.0 Å². The Morgan fingerprint density at radius 1 is 1.35 bits per heavy atom. The summed E-state index contributed by atoms with van der Waals surface area (Å²) in [7, 11) is 1.56. The van der Waals surface area contributed by atoms with Crippen LogP contribution >= 0.6 is 0 Å². The fourth-order valence-corrected chi connectivity index (χ4v) is 2.53. The monoisotopic (exact) mass is 356 g/mol. The molecule has 26 heavy (non-hydrogen) atoms. The smallest absolute Gasteiger partial charge is 0.319 e. The van der Waals surface area contributed by atoms with Gasteiger partial charge in [0.25, 0.3) is 0 Å². The molecule has 0 radical (unpaired) electrons. The second-order valence-corrected chi connectivity index (χ2v) is 5.41. The van der Waals surface area contributed by atoms with Crippen LogP contribution in [-0.4, -0.2) is 49.4 Å². The van der Waals surface area contributed by atoms with Crippen molar-refractivity contribution in [2.45, 2.75) is 19.9 Å². The molecule has 2 N–H and O–H groups in total. The zero-order valence-electron chi connectivity index (χ0n) is 14.6. The fourth-order valence-electron chi connectivity index (χ4n) is 2.53. The standard InChI is InChI=1S/C16H20N8O2/c1-3-15-17-6-8-23(15)9-7-18-16(25)20-13-10-12(26-2)4-5-14(13)24-11-19-21-22-24/h4-6,8,10-11H,3,7,9H2,1-2H3,(H2,18,20,25). The molecule has 0 spiro atoms. The third kappa shape index (κ3) is 3.97. The lowest BCUT2D eigenvalue weighted by molar-refractivity contribution is 0.251. The van der Waals surface area contributed by atoms with Crippen LogP contribution in [0.2, 0.25) is 0 Å². The highest BCUT2D eigenvalue weighted by molar-refractivity contribution is 5.91. The molecule has 10 heteroatoms. The minimum Gasteiger partial charge on any atom is -0.497 e. The highest BCUT2D eigenvalue weighted by Gasteiger charge is 2.11. The van der Waals surface area contributed by atoms with Crippen molar-refractivity contribution in [2.24, 2.45) is 0 Å². The van der Waals surface area contributed by atoms with Gasteiger partial charge in [0.1, 0.15) is 17.9 Å². The number of carbonyl (C=O) groups is 1. The largest absolute Gasteiger partial charge is 0.497 e. The first-order valence-corrected chi connectivity index (χ1v) is 8.17. The molecule has 2 amide bonds. The summed E-state index contributed by atoms with van der Waals surface area (Å²) in [5, 5.41) is 16.7. The van der Waals surface area contributed by atoms with Gasteiger partial charge in [-0.25, -0.2) is 9.78 Å². The number of amides is 2. The Hall–Kier alpha value is -3.43. The van der Waals surface area contributed by atoms with Crippen molar-refractivity contribution in [1.82, 2.24) is 35.1 Å². The first kappa shape index (κ1) is 17.4. The molecular weight excluding hydrogens is 336 g/mol. The van der Waals surface area contributed by atoms with E-state index in [1.54, 1.807) is 31.5 Å². The number of anilines is 1. The van der Waals surface area contributed by atoms with Crippen molar-refractivity contribution in [2.75, 3.05) is 19.0 Å². The van der Waals surface area contributed by atoms with E-state index in [0.29, 0.717) is 30.2 Å². The number of hydrogen-bond donors (Lipinski definition) is 2. The topological polar surface area (TPSA) is 112 Å². The minimum absolute atomic E-state index is 0.328. The number of methoxy groups -OCH3 is 1. The third-order valence-corrected chi connectivity index (χ3v) is 3.80. The molecule has 3 rings (SSSR count). The molecule has 10 nitrogen and oxygen atoms in total. The average molecular weight is 356 g/mol. The molecule has 0 aliphatic carbocycles. The predicted octanol–water partition coefficient (Wildman–Crippen LogP) is 1.25. The number of urea groups is 1. The SMILES string of the molecule is CCc1nccn1CCNC(=O)Nc1cc(OC)ccc1-n1cnnn1. The molecule has 0 unspecified atom stereocenters. The predicted molar refractivity (Wildman–Crippen MR) is 94.3 cm³/mol.